The third-order valence-electron chi connectivity index (χ3n) is 2.44. The molecule has 0 aliphatic rings. The van der Waals surface area contributed by atoms with Crippen LogP contribution >= 0.6 is 15.9 Å². The molecule has 0 fully saturated rings. The van der Waals surface area contributed by atoms with Crippen LogP contribution in [0.1, 0.15) is 26.7 Å². The van der Waals surface area contributed by atoms with Crippen molar-refractivity contribution in [3.8, 4) is 0 Å². The van der Waals surface area contributed by atoms with Crippen LogP contribution in [0.15, 0.2) is 0 Å². The van der Waals surface area contributed by atoms with Crippen LogP contribution in [0.4, 0.5) is 0 Å². The molecule has 0 saturated heterocycles. The van der Waals surface area contributed by atoms with Crippen molar-refractivity contribution in [1.82, 2.24) is 0 Å². The fraction of sp³-hybridized carbons (Fsp3) is 1.00. The van der Waals surface area contributed by atoms with Gasteiger partial charge < -0.3 is 9.47 Å². The summed E-state index contributed by atoms with van der Waals surface area (Å²) in [6.07, 6.45) is 2.40. The molecule has 14 heavy (non-hydrogen) atoms. The number of ether oxygens (including phenoxy) is 2. The molecule has 0 aliphatic carbocycles. The van der Waals surface area contributed by atoms with Crippen LogP contribution in [0.5, 0.6) is 0 Å². The summed E-state index contributed by atoms with van der Waals surface area (Å²) in [6, 6.07) is 0. The summed E-state index contributed by atoms with van der Waals surface area (Å²) < 4.78 is 10.3. The molecular formula is C11H23BrO2. The zero-order valence-electron chi connectivity index (χ0n) is 9.59. The summed E-state index contributed by atoms with van der Waals surface area (Å²) in [5, 5.41) is 1.10. The van der Waals surface area contributed by atoms with Crippen LogP contribution in [0, 0.1) is 11.8 Å². The van der Waals surface area contributed by atoms with E-state index < -0.39 is 0 Å². The summed E-state index contributed by atoms with van der Waals surface area (Å²) in [5.74, 6) is 1.54. The summed E-state index contributed by atoms with van der Waals surface area (Å²) >= 11 is 3.55. The second-order valence-electron chi connectivity index (χ2n) is 3.91. The molecule has 0 aromatic heterocycles. The number of halogens is 1. The van der Waals surface area contributed by atoms with Crippen molar-refractivity contribution >= 4 is 15.9 Å². The van der Waals surface area contributed by atoms with Gasteiger partial charge in [-0.3, -0.25) is 0 Å². The standard InChI is InChI=1S/C11H23BrO2/c1-10(2)11(9-12)5-4-6-14-8-7-13-3/h10-11H,4-9H2,1-3H3. The van der Waals surface area contributed by atoms with E-state index in [-0.39, 0.29) is 0 Å². The van der Waals surface area contributed by atoms with Crippen molar-refractivity contribution in [1.29, 1.82) is 0 Å². The molecule has 0 bridgehead atoms. The Bertz CT molecular complexity index is 118. The average molecular weight is 267 g/mol. The normalized spacial score (nSPS) is 13.5. The predicted molar refractivity (Wildman–Crippen MR) is 64.1 cm³/mol. The minimum Gasteiger partial charge on any atom is -0.382 e. The minimum absolute atomic E-state index is 0.700. The van der Waals surface area contributed by atoms with Crippen molar-refractivity contribution < 1.29 is 9.47 Å². The first kappa shape index (κ1) is 14.4. The summed E-state index contributed by atoms with van der Waals surface area (Å²) in [4.78, 5) is 0. The first-order chi connectivity index (χ1) is 6.72. The van der Waals surface area contributed by atoms with Crippen LogP contribution in [0.25, 0.3) is 0 Å². The number of rotatable bonds is 9. The van der Waals surface area contributed by atoms with Gasteiger partial charge in [0.2, 0.25) is 0 Å². The molecule has 0 amide bonds. The van der Waals surface area contributed by atoms with E-state index in [1.165, 1.54) is 6.42 Å². The lowest BCUT2D eigenvalue weighted by Crippen LogP contribution is -2.12. The third-order valence-corrected chi connectivity index (χ3v) is 3.27. The smallest absolute Gasteiger partial charge is 0.0700 e. The molecule has 86 valence electrons. The lowest BCUT2D eigenvalue weighted by atomic mass is 9.93. The van der Waals surface area contributed by atoms with Crippen LogP contribution in [0.2, 0.25) is 0 Å². The maximum Gasteiger partial charge on any atom is 0.0700 e. The first-order valence-electron chi connectivity index (χ1n) is 5.35. The van der Waals surface area contributed by atoms with Gasteiger partial charge in [0.1, 0.15) is 0 Å². The van der Waals surface area contributed by atoms with Crippen LogP contribution < -0.4 is 0 Å². The fourth-order valence-electron chi connectivity index (χ4n) is 1.28. The van der Waals surface area contributed by atoms with Gasteiger partial charge in [-0.15, -0.1) is 0 Å². The second kappa shape index (κ2) is 9.94. The Hall–Kier alpha value is 0.400. The Kier molecular flexibility index (Phi) is 10.2. The van der Waals surface area contributed by atoms with Gasteiger partial charge >= 0.3 is 0 Å². The molecule has 1 unspecified atom stereocenters. The average Bonchev–Trinajstić information content (AvgIpc) is 2.16. The zero-order valence-corrected chi connectivity index (χ0v) is 11.2. The van der Waals surface area contributed by atoms with Crippen molar-refractivity contribution in [2.24, 2.45) is 11.8 Å². The highest BCUT2D eigenvalue weighted by molar-refractivity contribution is 9.09. The molecule has 0 spiro atoms. The van der Waals surface area contributed by atoms with E-state index in [9.17, 15) is 0 Å². The monoisotopic (exact) mass is 266 g/mol. The van der Waals surface area contributed by atoms with E-state index in [2.05, 4.69) is 29.8 Å². The lowest BCUT2D eigenvalue weighted by molar-refractivity contribution is 0.0668. The van der Waals surface area contributed by atoms with Crippen molar-refractivity contribution in [2.75, 3.05) is 32.3 Å². The van der Waals surface area contributed by atoms with Gasteiger partial charge in [-0.2, -0.15) is 0 Å². The van der Waals surface area contributed by atoms with Gasteiger partial charge in [0.05, 0.1) is 13.2 Å². The molecule has 0 saturated carbocycles. The number of hydrogen-bond donors (Lipinski definition) is 0. The minimum atomic E-state index is 0.700. The predicted octanol–water partition coefficient (Wildman–Crippen LogP) is 3.10. The van der Waals surface area contributed by atoms with E-state index in [0.717, 1.165) is 36.8 Å². The first-order valence-corrected chi connectivity index (χ1v) is 6.47. The second-order valence-corrected chi connectivity index (χ2v) is 4.55. The molecule has 0 aromatic rings. The van der Waals surface area contributed by atoms with Crippen LogP contribution in [-0.4, -0.2) is 32.3 Å². The van der Waals surface area contributed by atoms with Gasteiger partial charge in [0, 0.05) is 19.0 Å². The Morgan fingerprint density at radius 1 is 1.14 bits per heavy atom. The maximum atomic E-state index is 5.41. The highest BCUT2D eigenvalue weighted by Crippen LogP contribution is 2.19. The van der Waals surface area contributed by atoms with Gasteiger partial charge in [0.15, 0.2) is 0 Å². The SMILES string of the molecule is COCCOCCCC(CBr)C(C)C. The van der Waals surface area contributed by atoms with Crippen molar-refractivity contribution in [2.45, 2.75) is 26.7 Å². The van der Waals surface area contributed by atoms with Crippen LogP contribution in [-0.2, 0) is 9.47 Å². The Labute approximate surface area is 96.5 Å². The topological polar surface area (TPSA) is 18.5 Å². The van der Waals surface area contributed by atoms with Gasteiger partial charge in [-0.1, -0.05) is 29.8 Å². The van der Waals surface area contributed by atoms with Crippen molar-refractivity contribution in [3.05, 3.63) is 0 Å². The Balaban J connectivity index is 3.25. The highest BCUT2D eigenvalue weighted by Gasteiger charge is 2.10. The van der Waals surface area contributed by atoms with E-state index in [1.807, 2.05) is 0 Å². The van der Waals surface area contributed by atoms with E-state index in [1.54, 1.807) is 7.11 Å². The van der Waals surface area contributed by atoms with Gasteiger partial charge in [-0.05, 0) is 24.7 Å². The highest BCUT2D eigenvalue weighted by atomic mass is 79.9. The summed E-state index contributed by atoms with van der Waals surface area (Å²) in [7, 11) is 1.70. The lowest BCUT2D eigenvalue weighted by Gasteiger charge is -2.17. The number of hydrogen-bond acceptors (Lipinski definition) is 2. The van der Waals surface area contributed by atoms with Gasteiger partial charge in [0.25, 0.3) is 0 Å². The van der Waals surface area contributed by atoms with E-state index >= 15 is 0 Å². The van der Waals surface area contributed by atoms with Gasteiger partial charge in [-0.25, -0.2) is 0 Å². The maximum absolute atomic E-state index is 5.41. The zero-order chi connectivity index (χ0) is 10.8. The molecule has 0 aliphatic heterocycles. The van der Waals surface area contributed by atoms with Crippen molar-refractivity contribution in [3.63, 3.8) is 0 Å². The molecule has 3 heteroatoms. The Morgan fingerprint density at radius 3 is 2.36 bits per heavy atom. The molecule has 2 nitrogen and oxygen atoms in total. The van der Waals surface area contributed by atoms with Crippen LogP contribution in [0.3, 0.4) is 0 Å². The molecule has 0 heterocycles. The number of alkyl halides is 1. The fourth-order valence-corrected chi connectivity index (χ4v) is 2.35. The summed E-state index contributed by atoms with van der Waals surface area (Å²) in [6.45, 7) is 6.83. The quantitative estimate of drug-likeness (QED) is 0.472. The third kappa shape index (κ3) is 7.77. The summed E-state index contributed by atoms with van der Waals surface area (Å²) in [5.41, 5.74) is 0. The Morgan fingerprint density at radius 2 is 1.86 bits per heavy atom. The molecule has 0 N–H and O–H groups in total. The van der Waals surface area contributed by atoms with E-state index in [0.29, 0.717) is 6.61 Å². The molecule has 0 rings (SSSR count). The molecular weight excluding hydrogens is 244 g/mol. The number of methoxy groups -OCH3 is 1. The van der Waals surface area contributed by atoms with E-state index in [4.69, 9.17) is 9.47 Å². The molecule has 0 aromatic carbocycles. The molecule has 0 radical (unpaired) electrons. The molecule has 1 atom stereocenters. The largest absolute Gasteiger partial charge is 0.382 e.